The first-order valence-electron chi connectivity index (χ1n) is 7.64. The van der Waals surface area contributed by atoms with Gasteiger partial charge in [0.1, 0.15) is 0 Å². The first-order chi connectivity index (χ1) is 9.27. The van der Waals surface area contributed by atoms with Crippen molar-refractivity contribution >= 4 is 24.2 Å². The van der Waals surface area contributed by atoms with Gasteiger partial charge in [-0.15, -0.1) is 12.4 Å². The van der Waals surface area contributed by atoms with Crippen molar-refractivity contribution in [3.8, 4) is 0 Å². The average Bonchev–Trinajstić information content (AvgIpc) is 2.70. The first kappa shape index (κ1) is 18.2. The van der Waals surface area contributed by atoms with E-state index in [1.54, 1.807) is 0 Å². The van der Waals surface area contributed by atoms with Gasteiger partial charge in [0, 0.05) is 30.5 Å². The maximum absolute atomic E-state index is 12.3. The van der Waals surface area contributed by atoms with Gasteiger partial charge in [-0.25, -0.2) is 0 Å². The minimum absolute atomic E-state index is 0. The van der Waals surface area contributed by atoms with Crippen LogP contribution in [0.3, 0.4) is 0 Å². The van der Waals surface area contributed by atoms with Gasteiger partial charge in [0.25, 0.3) is 0 Å². The molecule has 122 valence electrons. The number of amides is 2. The van der Waals surface area contributed by atoms with Crippen LogP contribution in [0.2, 0.25) is 0 Å². The summed E-state index contributed by atoms with van der Waals surface area (Å²) in [5.41, 5.74) is 5.75. The fourth-order valence-electron chi connectivity index (χ4n) is 3.24. The highest BCUT2D eigenvalue weighted by atomic mass is 35.5. The van der Waals surface area contributed by atoms with Crippen LogP contribution in [0.4, 0.5) is 0 Å². The van der Waals surface area contributed by atoms with Crippen LogP contribution < -0.4 is 11.1 Å². The smallest absolute Gasteiger partial charge is 0.225 e. The molecule has 2 fully saturated rings. The molecule has 0 aromatic heterocycles. The number of hydrogen-bond acceptors (Lipinski definition) is 3. The zero-order valence-electron chi connectivity index (χ0n) is 13.2. The van der Waals surface area contributed by atoms with Crippen molar-refractivity contribution in [3.05, 3.63) is 0 Å². The highest BCUT2D eigenvalue weighted by Gasteiger charge is 2.37. The highest BCUT2D eigenvalue weighted by molar-refractivity contribution is 5.85. The van der Waals surface area contributed by atoms with E-state index in [1.165, 1.54) is 0 Å². The molecule has 1 heterocycles. The van der Waals surface area contributed by atoms with Crippen LogP contribution in [0.5, 0.6) is 0 Å². The minimum Gasteiger partial charge on any atom is -0.351 e. The molecule has 1 aliphatic heterocycles. The Morgan fingerprint density at radius 1 is 1.33 bits per heavy atom. The molecule has 2 aliphatic rings. The van der Waals surface area contributed by atoms with Crippen molar-refractivity contribution in [3.63, 3.8) is 0 Å². The Kier molecular flexibility index (Phi) is 6.05. The Morgan fingerprint density at radius 3 is 2.52 bits per heavy atom. The molecule has 0 spiro atoms. The molecule has 1 saturated carbocycles. The molecule has 6 heteroatoms. The zero-order chi connectivity index (χ0) is 14.9. The van der Waals surface area contributed by atoms with Gasteiger partial charge in [0.15, 0.2) is 0 Å². The second-order valence-corrected chi connectivity index (χ2v) is 7.21. The molecular weight excluding hydrogens is 290 g/mol. The van der Waals surface area contributed by atoms with E-state index in [0.717, 1.165) is 25.7 Å². The van der Waals surface area contributed by atoms with Crippen molar-refractivity contribution in [2.45, 2.75) is 70.5 Å². The predicted octanol–water partition coefficient (Wildman–Crippen LogP) is 1.44. The Balaban J connectivity index is 0.00000220. The summed E-state index contributed by atoms with van der Waals surface area (Å²) < 4.78 is 0. The Labute approximate surface area is 133 Å². The second-order valence-electron chi connectivity index (χ2n) is 7.21. The largest absolute Gasteiger partial charge is 0.351 e. The van der Waals surface area contributed by atoms with Crippen molar-refractivity contribution in [1.82, 2.24) is 10.2 Å². The third-order valence-electron chi connectivity index (χ3n) is 4.37. The number of nitrogens with one attached hydrogen (secondary N) is 1. The van der Waals surface area contributed by atoms with E-state index < -0.39 is 0 Å². The maximum atomic E-state index is 12.3. The third kappa shape index (κ3) is 4.58. The predicted molar refractivity (Wildman–Crippen MR) is 85.2 cm³/mol. The van der Waals surface area contributed by atoms with E-state index in [1.807, 2.05) is 25.7 Å². The van der Waals surface area contributed by atoms with Crippen molar-refractivity contribution in [2.24, 2.45) is 11.7 Å². The zero-order valence-corrected chi connectivity index (χ0v) is 14.0. The van der Waals surface area contributed by atoms with E-state index in [9.17, 15) is 9.59 Å². The summed E-state index contributed by atoms with van der Waals surface area (Å²) in [6.07, 6.45) is 4.15. The summed E-state index contributed by atoms with van der Waals surface area (Å²) in [5, 5.41) is 3.04. The van der Waals surface area contributed by atoms with E-state index >= 15 is 0 Å². The SMILES string of the molecule is CC(C)(C)N1CC(NC(=O)C2CCCC(N)C2)CC1=O.Cl. The average molecular weight is 318 g/mol. The number of carbonyl (C=O) groups is 2. The molecule has 5 nitrogen and oxygen atoms in total. The molecule has 1 aliphatic carbocycles. The Hall–Kier alpha value is -0.810. The summed E-state index contributed by atoms with van der Waals surface area (Å²) in [6, 6.07) is 0.100. The lowest BCUT2D eigenvalue weighted by molar-refractivity contribution is -0.131. The van der Waals surface area contributed by atoms with E-state index in [2.05, 4.69) is 5.32 Å². The first-order valence-corrected chi connectivity index (χ1v) is 7.64. The van der Waals surface area contributed by atoms with Crippen molar-refractivity contribution in [2.75, 3.05) is 6.54 Å². The normalized spacial score (nSPS) is 30.0. The number of halogens is 1. The van der Waals surface area contributed by atoms with Gasteiger partial charge < -0.3 is 16.0 Å². The number of nitrogens with two attached hydrogens (primary N) is 1. The van der Waals surface area contributed by atoms with Gasteiger partial charge in [-0.3, -0.25) is 9.59 Å². The lowest BCUT2D eigenvalue weighted by Gasteiger charge is -2.32. The van der Waals surface area contributed by atoms with Crippen LogP contribution in [0, 0.1) is 5.92 Å². The monoisotopic (exact) mass is 317 g/mol. The van der Waals surface area contributed by atoms with E-state index in [0.29, 0.717) is 13.0 Å². The van der Waals surface area contributed by atoms with Crippen LogP contribution in [0.1, 0.15) is 52.9 Å². The van der Waals surface area contributed by atoms with Gasteiger partial charge in [0.2, 0.25) is 11.8 Å². The number of hydrogen-bond donors (Lipinski definition) is 2. The van der Waals surface area contributed by atoms with Gasteiger partial charge in [-0.05, 0) is 40.0 Å². The molecule has 3 atom stereocenters. The van der Waals surface area contributed by atoms with Crippen LogP contribution in [0.25, 0.3) is 0 Å². The van der Waals surface area contributed by atoms with Gasteiger partial charge in [-0.2, -0.15) is 0 Å². The van der Waals surface area contributed by atoms with Crippen molar-refractivity contribution in [1.29, 1.82) is 0 Å². The lowest BCUT2D eigenvalue weighted by Crippen LogP contribution is -2.46. The van der Waals surface area contributed by atoms with Gasteiger partial charge in [0.05, 0.1) is 6.04 Å². The lowest BCUT2D eigenvalue weighted by atomic mass is 9.85. The molecule has 21 heavy (non-hydrogen) atoms. The molecule has 3 N–H and O–H groups in total. The maximum Gasteiger partial charge on any atom is 0.225 e. The van der Waals surface area contributed by atoms with E-state index in [4.69, 9.17) is 5.73 Å². The quantitative estimate of drug-likeness (QED) is 0.809. The molecule has 0 aromatic rings. The number of carbonyl (C=O) groups excluding carboxylic acids is 2. The number of nitrogens with zero attached hydrogens (tertiary/aromatic N) is 1. The summed E-state index contributed by atoms with van der Waals surface area (Å²) in [6.45, 7) is 6.69. The van der Waals surface area contributed by atoms with Gasteiger partial charge in [-0.1, -0.05) is 6.42 Å². The van der Waals surface area contributed by atoms with Crippen molar-refractivity contribution < 1.29 is 9.59 Å². The van der Waals surface area contributed by atoms with Crippen LogP contribution in [-0.2, 0) is 9.59 Å². The molecule has 0 aromatic carbocycles. The highest BCUT2D eigenvalue weighted by Crippen LogP contribution is 2.25. The molecular formula is C15H28ClN3O2. The van der Waals surface area contributed by atoms with Crippen LogP contribution in [0.15, 0.2) is 0 Å². The molecule has 2 amide bonds. The number of rotatable bonds is 2. The topological polar surface area (TPSA) is 75.4 Å². The van der Waals surface area contributed by atoms with E-state index in [-0.39, 0.29) is 47.8 Å². The van der Waals surface area contributed by atoms with Crippen LogP contribution >= 0.6 is 12.4 Å². The third-order valence-corrected chi connectivity index (χ3v) is 4.37. The summed E-state index contributed by atoms with van der Waals surface area (Å²) in [7, 11) is 0. The van der Waals surface area contributed by atoms with Crippen LogP contribution in [-0.4, -0.2) is 40.9 Å². The van der Waals surface area contributed by atoms with Gasteiger partial charge >= 0.3 is 0 Å². The summed E-state index contributed by atoms with van der Waals surface area (Å²) >= 11 is 0. The molecule has 1 saturated heterocycles. The minimum atomic E-state index is -0.177. The second kappa shape index (κ2) is 6.97. The fourth-order valence-corrected chi connectivity index (χ4v) is 3.24. The fraction of sp³-hybridized carbons (Fsp3) is 0.867. The summed E-state index contributed by atoms with van der Waals surface area (Å²) in [4.78, 5) is 26.1. The molecule has 2 rings (SSSR count). The Bertz CT molecular complexity index is 395. The standard InChI is InChI=1S/C15H27N3O2.ClH/c1-15(2,3)18-9-12(8-13(18)19)17-14(20)10-5-4-6-11(16)7-10;/h10-12H,4-9,16H2,1-3H3,(H,17,20);1H. The molecule has 0 radical (unpaired) electrons. The molecule has 0 bridgehead atoms. The Morgan fingerprint density at radius 2 is 2.00 bits per heavy atom. The summed E-state index contributed by atoms with van der Waals surface area (Å²) in [5.74, 6) is 0.231. The molecule has 3 unspecified atom stereocenters. The number of likely N-dealkylation sites (tertiary alicyclic amines) is 1.